The number of amides is 2. The number of rotatable bonds is 3. The van der Waals surface area contributed by atoms with Crippen LogP contribution in [0.15, 0.2) is 30.4 Å². The normalized spacial score (nSPS) is 33.4. The Balaban J connectivity index is 1.80. The zero-order chi connectivity index (χ0) is 17.2. The fraction of sp³-hybridized carbons (Fsp3) is 0.333. The SMILES string of the molecule is O=C1[C@@H]2[C@@H](C(=O)N1c1cc([N+](=O)[O-])ccc1Cl)[C@@]1(CO)C=C[C@H]2O1. The Bertz CT molecular complexity index is 824. The molecule has 0 radical (unpaired) electrons. The molecule has 8 nitrogen and oxygen atoms in total. The van der Waals surface area contributed by atoms with Crippen LogP contribution in [0.4, 0.5) is 11.4 Å². The minimum atomic E-state index is -1.22. The number of ether oxygens (including phenoxy) is 1. The van der Waals surface area contributed by atoms with Crippen LogP contribution in [0.2, 0.25) is 5.02 Å². The number of hydrogen-bond donors (Lipinski definition) is 1. The van der Waals surface area contributed by atoms with Gasteiger partial charge < -0.3 is 9.84 Å². The Labute approximate surface area is 140 Å². The largest absolute Gasteiger partial charge is 0.393 e. The van der Waals surface area contributed by atoms with Crippen LogP contribution in [0.25, 0.3) is 0 Å². The predicted molar refractivity (Wildman–Crippen MR) is 81.4 cm³/mol. The summed E-state index contributed by atoms with van der Waals surface area (Å²) in [5, 5.41) is 20.7. The van der Waals surface area contributed by atoms with Gasteiger partial charge >= 0.3 is 0 Å². The number of carbonyl (C=O) groups is 2. The first kappa shape index (κ1) is 15.3. The van der Waals surface area contributed by atoms with Crippen LogP contribution in [0, 0.1) is 22.0 Å². The van der Waals surface area contributed by atoms with Gasteiger partial charge in [-0.1, -0.05) is 23.8 Å². The summed E-state index contributed by atoms with van der Waals surface area (Å²) in [6.07, 6.45) is 2.66. The van der Waals surface area contributed by atoms with E-state index in [1.54, 1.807) is 12.2 Å². The molecule has 2 saturated heterocycles. The Kier molecular flexibility index (Phi) is 3.08. The van der Waals surface area contributed by atoms with E-state index < -0.39 is 46.9 Å². The van der Waals surface area contributed by atoms with Gasteiger partial charge in [0, 0.05) is 12.1 Å². The van der Waals surface area contributed by atoms with Crippen LogP contribution in [0.3, 0.4) is 0 Å². The molecule has 1 aromatic carbocycles. The minimum absolute atomic E-state index is 0.0252. The molecule has 24 heavy (non-hydrogen) atoms. The van der Waals surface area contributed by atoms with Crippen molar-refractivity contribution in [1.29, 1.82) is 0 Å². The molecule has 0 aliphatic carbocycles. The van der Waals surface area contributed by atoms with Crippen molar-refractivity contribution in [1.82, 2.24) is 0 Å². The van der Waals surface area contributed by atoms with Crippen molar-refractivity contribution in [3.63, 3.8) is 0 Å². The van der Waals surface area contributed by atoms with Gasteiger partial charge in [0.05, 0.1) is 40.2 Å². The third-order valence-electron chi connectivity index (χ3n) is 4.78. The van der Waals surface area contributed by atoms with E-state index in [2.05, 4.69) is 0 Å². The number of hydrogen-bond acceptors (Lipinski definition) is 6. The number of aliphatic hydroxyl groups is 1. The van der Waals surface area contributed by atoms with Crippen LogP contribution in [0.5, 0.6) is 0 Å². The number of nitrogens with zero attached hydrogens (tertiary/aromatic N) is 2. The van der Waals surface area contributed by atoms with Crippen molar-refractivity contribution in [2.75, 3.05) is 11.5 Å². The second-order valence-electron chi connectivity index (χ2n) is 5.96. The summed E-state index contributed by atoms with van der Waals surface area (Å²) in [7, 11) is 0. The Hall–Kier alpha value is -2.29. The van der Waals surface area contributed by atoms with E-state index in [9.17, 15) is 24.8 Å². The number of nitro benzene ring substituents is 1. The third-order valence-corrected chi connectivity index (χ3v) is 5.10. The van der Waals surface area contributed by atoms with Crippen molar-refractivity contribution >= 4 is 34.8 Å². The van der Waals surface area contributed by atoms with Gasteiger partial charge in [-0.3, -0.25) is 19.7 Å². The number of nitro groups is 1. The van der Waals surface area contributed by atoms with Crippen molar-refractivity contribution in [3.05, 3.63) is 45.5 Å². The van der Waals surface area contributed by atoms with Crippen molar-refractivity contribution in [2.45, 2.75) is 11.7 Å². The Morgan fingerprint density at radius 1 is 1.38 bits per heavy atom. The average Bonchev–Trinajstić information content (AvgIpc) is 3.19. The van der Waals surface area contributed by atoms with Gasteiger partial charge in [-0.25, -0.2) is 4.90 Å². The molecular formula is C15H11ClN2O6. The van der Waals surface area contributed by atoms with E-state index >= 15 is 0 Å². The molecule has 2 bridgehead atoms. The molecule has 3 aliphatic rings. The van der Waals surface area contributed by atoms with Gasteiger partial charge in [0.25, 0.3) is 5.69 Å². The lowest BCUT2D eigenvalue weighted by Gasteiger charge is -2.26. The maximum atomic E-state index is 12.8. The van der Waals surface area contributed by atoms with Gasteiger partial charge in [-0.15, -0.1) is 0 Å². The zero-order valence-corrected chi connectivity index (χ0v) is 12.8. The first-order valence-electron chi connectivity index (χ1n) is 7.19. The molecule has 3 heterocycles. The highest BCUT2D eigenvalue weighted by molar-refractivity contribution is 6.36. The van der Waals surface area contributed by atoms with Gasteiger partial charge in [-0.05, 0) is 6.07 Å². The highest BCUT2D eigenvalue weighted by Crippen LogP contribution is 2.52. The average molecular weight is 351 g/mol. The summed E-state index contributed by atoms with van der Waals surface area (Å²) < 4.78 is 5.62. The first-order valence-corrected chi connectivity index (χ1v) is 7.57. The standard InChI is InChI=1S/C15H11ClN2O6/c16-8-2-1-7(18(22)23)5-9(8)17-13(20)11-10-3-4-15(6-19,24-10)12(11)14(17)21/h1-5,10-12,19H,6H2/t10-,11+,12+,15+/m1/s1. The molecule has 9 heteroatoms. The number of anilines is 1. The molecule has 1 aromatic rings. The van der Waals surface area contributed by atoms with Crippen molar-refractivity contribution in [2.24, 2.45) is 11.8 Å². The molecule has 4 rings (SSSR count). The van der Waals surface area contributed by atoms with Gasteiger partial charge in [0.1, 0.15) is 5.60 Å². The number of non-ortho nitro benzene ring substituents is 1. The summed E-state index contributed by atoms with van der Waals surface area (Å²) in [4.78, 5) is 36.8. The number of halogens is 1. The summed E-state index contributed by atoms with van der Waals surface area (Å²) in [5.41, 5.74) is -1.52. The third kappa shape index (κ3) is 1.75. The van der Waals surface area contributed by atoms with Gasteiger partial charge in [-0.2, -0.15) is 0 Å². The van der Waals surface area contributed by atoms with Gasteiger partial charge in [0.2, 0.25) is 11.8 Å². The summed E-state index contributed by atoms with van der Waals surface area (Å²) >= 11 is 6.06. The maximum absolute atomic E-state index is 12.8. The quantitative estimate of drug-likeness (QED) is 0.377. The molecule has 2 amide bonds. The fourth-order valence-corrected chi connectivity index (χ4v) is 3.91. The second-order valence-corrected chi connectivity index (χ2v) is 6.37. The maximum Gasteiger partial charge on any atom is 0.271 e. The highest BCUT2D eigenvalue weighted by atomic mass is 35.5. The van der Waals surface area contributed by atoms with E-state index in [4.69, 9.17) is 16.3 Å². The second kappa shape index (κ2) is 4.85. The van der Waals surface area contributed by atoms with Crippen LogP contribution in [-0.2, 0) is 14.3 Å². The summed E-state index contributed by atoms with van der Waals surface area (Å²) in [5.74, 6) is -2.73. The van der Waals surface area contributed by atoms with Gasteiger partial charge in [0.15, 0.2) is 0 Å². The van der Waals surface area contributed by atoms with Crippen molar-refractivity contribution < 1.29 is 24.4 Å². The van der Waals surface area contributed by atoms with Crippen molar-refractivity contribution in [3.8, 4) is 0 Å². The lowest BCUT2D eigenvalue weighted by molar-refractivity contribution is -0.384. The number of fused-ring (bicyclic) bond motifs is 5. The molecule has 1 N–H and O–H groups in total. The summed E-state index contributed by atoms with van der Waals surface area (Å²) in [6, 6.07) is 3.57. The lowest BCUT2D eigenvalue weighted by atomic mass is 9.77. The Morgan fingerprint density at radius 3 is 2.79 bits per heavy atom. The van der Waals surface area contributed by atoms with Crippen LogP contribution < -0.4 is 4.90 Å². The smallest absolute Gasteiger partial charge is 0.271 e. The molecule has 0 saturated carbocycles. The number of aliphatic hydroxyl groups excluding tert-OH is 1. The monoisotopic (exact) mass is 350 g/mol. The number of carbonyl (C=O) groups excluding carboxylic acids is 2. The van der Waals surface area contributed by atoms with E-state index in [0.717, 1.165) is 11.0 Å². The number of benzene rings is 1. The van der Waals surface area contributed by atoms with E-state index in [1.165, 1.54) is 12.1 Å². The van der Waals surface area contributed by atoms with Crippen LogP contribution in [-0.4, -0.2) is 40.2 Å². The molecule has 2 fully saturated rings. The highest BCUT2D eigenvalue weighted by Gasteiger charge is 2.67. The Morgan fingerprint density at radius 2 is 2.12 bits per heavy atom. The molecule has 0 unspecified atom stereocenters. The van der Waals surface area contributed by atoms with E-state index in [1.807, 2.05) is 0 Å². The van der Waals surface area contributed by atoms with E-state index in [-0.39, 0.29) is 16.4 Å². The minimum Gasteiger partial charge on any atom is -0.393 e. The molecule has 124 valence electrons. The number of imide groups is 1. The first-order chi connectivity index (χ1) is 11.4. The summed E-state index contributed by atoms with van der Waals surface area (Å²) in [6.45, 7) is -0.434. The van der Waals surface area contributed by atoms with Crippen LogP contribution in [0.1, 0.15) is 0 Å². The molecule has 0 aromatic heterocycles. The predicted octanol–water partition coefficient (Wildman–Crippen LogP) is 1.05. The topological polar surface area (TPSA) is 110 Å². The molecule has 3 aliphatic heterocycles. The fourth-order valence-electron chi connectivity index (χ4n) is 3.71. The molecule has 0 spiro atoms. The zero-order valence-electron chi connectivity index (χ0n) is 12.1. The molecule has 4 atom stereocenters. The van der Waals surface area contributed by atoms with E-state index in [0.29, 0.717) is 0 Å². The van der Waals surface area contributed by atoms with Crippen LogP contribution >= 0.6 is 11.6 Å². The molecular weight excluding hydrogens is 340 g/mol. The lowest BCUT2D eigenvalue weighted by Crippen LogP contribution is -2.43.